The summed E-state index contributed by atoms with van der Waals surface area (Å²) in [6.07, 6.45) is 1.09. The normalized spacial score (nSPS) is 14.2. The third kappa shape index (κ3) is 5.43. The fourth-order valence-electron chi connectivity index (χ4n) is 3.83. The zero-order valence-electron chi connectivity index (χ0n) is 18.7. The molecule has 170 valence electrons. The standard InChI is InChI=1S/C24H29N3O5/c1-4-32-24(31)17-10-12-27(13-11-17)21(28)15-26(3)23(30)19-8-9-20(25-22(19)29)18-7-5-6-16(2)14-18/h5-9,14,17H,4,10-13,15H2,1-3H3,(H,25,29). The van der Waals surface area contributed by atoms with Crippen molar-refractivity contribution in [2.24, 2.45) is 5.92 Å². The number of nitrogens with zero attached hydrogens (tertiary/aromatic N) is 2. The highest BCUT2D eigenvalue weighted by Gasteiger charge is 2.29. The molecule has 2 aromatic rings. The van der Waals surface area contributed by atoms with Gasteiger partial charge in [-0.25, -0.2) is 0 Å². The van der Waals surface area contributed by atoms with Crippen molar-refractivity contribution in [2.45, 2.75) is 26.7 Å². The van der Waals surface area contributed by atoms with E-state index in [9.17, 15) is 19.2 Å². The van der Waals surface area contributed by atoms with E-state index in [1.54, 1.807) is 17.9 Å². The summed E-state index contributed by atoms with van der Waals surface area (Å²) in [5.41, 5.74) is 2.03. The van der Waals surface area contributed by atoms with E-state index in [0.717, 1.165) is 11.1 Å². The summed E-state index contributed by atoms with van der Waals surface area (Å²) in [6, 6.07) is 10.9. The monoisotopic (exact) mass is 439 g/mol. The van der Waals surface area contributed by atoms with E-state index in [-0.39, 0.29) is 29.9 Å². The first-order valence-corrected chi connectivity index (χ1v) is 10.8. The number of H-pyrrole nitrogens is 1. The molecule has 1 aromatic heterocycles. The molecule has 3 rings (SSSR count). The summed E-state index contributed by atoms with van der Waals surface area (Å²) < 4.78 is 5.05. The van der Waals surface area contributed by atoms with E-state index in [2.05, 4.69) is 4.98 Å². The number of benzene rings is 1. The molecule has 0 aliphatic carbocycles. The largest absolute Gasteiger partial charge is 0.466 e. The fraction of sp³-hybridized carbons (Fsp3) is 0.417. The molecule has 0 radical (unpaired) electrons. The SMILES string of the molecule is CCOC(=O)C1CCN(C(=O)CN(C)C(=O)c2ccc(-c3cccc(C)c3)[nH]c2=O)CC1. The molecule has 8 nitrogen and oxygen atoms in total. The topological polar surface area (TPSA) is 99.8 Å². The summed E-state index contributed by atoms with van der Waals surface area (Å²) in [7, 11) is 1.50. The maximum Gasteiger partial charge on any atom is 0.309 e. The quantitative estimate of drug-likeness (QED) is 0.696. The van der Waals surface area contributed by atoms with Crippen LogP contribution in [0.4, 0.5) is 0 Å². The molecule has 1 saturated heterocycles. The summed E-state index contributed by atoms with van der Waals surface area (Å²) in [5.74, 6) is -1.14. The number of amides is 2. The second-order valence-corrected chi connectivity index (χ2v) is 8.05. The minimum Gasteiger partial charge on any atom is -0.466 e. The van der Waals surface area contributed by atoms with Gasteiger partial charge in [-0.05, 0) is 50.5 Å². The van der Waals surface area contributed by atoms with Crippen molar-refractivity contribution in [2.75, 3.05) is 33.3 Å². The Morgan fingerprint density at radius 2 is 1.88 bits per heavy atom. The minimum absolute atomic E-state index is 0.0160. The van der Waals surface area contributed by atoms with Crippen LogP contribution in [0, 0.1) is 12.8 Å². The highest BCUT2D eigenvalue weighted by Crippen LogP contribution is 2.19. The summed E-state index contributed by atoms with van der Waals surface area (Å²) in [6.45, 7) is 4.82. The van der Waals surface area contributed by atoms with Crippen LogP contribution in [0.5, 0.6) is 0 Å². The molecule has 2 amide bonds. The van der Waals surface area contributed by atoms with Gasteiger partial charge in [-0.15, -0.1) is 0 Å². The van der Waals surface area contributed by atoms with Crippen molar-refractivity contribution in [3.05, 3.63) is 57.9 Å². The first kappa shape index (κ1) is 23.2. The van der Waals surface area contributed by atoms with Crippen LogP contribution in [0.2, 0.25) is 0 Å². The number of aryl methyl sites for hydroxylation is 1. The number of carbonyl (C=O) groups is 3. The smallest absolute Gasteiger partial charge is 0.309 e. The first-order valence-electron chi connectivity index (χ1n) is 10.8. The number of hydrogen-bond donors (Lipinski definition) is 1. The third-order valence-corrected chi connectivity index (χ3v) is 5.66. The maximum absolute atomic E-state index is 12.8. The average Bonchev–Trinajstić information content (AvgIpc) is 2.78. The Kier molecular flexibility index (Phi) is 7.45. The molecule has 0 spiro atoms. The van der Waals surface area contributed by atoms with Gasteiger partial charge in [0, 0.05) is 25.8 Å². The van der Waals surface area contributed by atoms with E-state index < -0.39 is 11.5 Å². The number of ether oxygens (including phenoxy) is 1. The number of likely N-dealkylation sites (N-methyl/N-ethyl adjacent to an activating group) is 1. The van der Waals surface area contributed by atoms with Crippen molar-refractivity contribution in [1.82, 2.24) is 14.8 Å². The van der Waals surface area contributed by atoms with Crippen LogP contribution in [-0.2, 0) is 14.3 Å². The second kappa shape index (κ2) is 10.3. The van der Waals surface area contributed by atoms with Crippen LogP contribution < -0.4 is 5.56 Å². The summed E-state index contributed by atoms with van der Waals surface area (Å²) >= 11 is 0. The van der Waals surface area contributed by atoms with Gasteiger partial charge in [0.15, 0.2) is 0 Å². The molecule has 0 atom stereocenters. The van der Waals surface area contributed by atoms with Gasteiger partial charge in [-0.3, -0.25) is 19.2 Å². The molecule has 1 N–H and O–H groups in total. The molecule has 32 heavy (non-hydrogen) atoms. The fourth-order valence-corrected chi connectivity index (χ4v) is 3.83. The van der Waals surface area contributed by atoms with Crippen LogP contribution in [0.15, 0.2) is 41.2 Å². The van der Waals surface area contributed by atoms with E-state index in [1.165, 1.54) is 18.0 Å². The first-order chi connectivity index (χ1) is 15.3. The average molecular weight is 440 g/mol. The van der Waals surface area contributed by atoms with Gasteiger partial charge in [-0.1, -0.05) is 23.8 Å². The van der Waals surface area contributed by atoms with Gasteiger partial charge in [0.05, 0.1) is 19.1 Å². The lowest BCUT2D eigenvalue weighted by Crippen LogP contribution is -2.46. The maximum atomic E-state index is 12.8. The number of carbonyl (C=O) groups excluding carboxylic acids is 3. The van der Waals surface area contributed by atoms with Gasteiger partial charge < -0.3 is 19.5 Å². The summed E-state index contributed by atoms with van der Waals surface area (Å²) in [4.78, 5) is 55.4. The van der Waals surface area contributed by atoms with Crippen molar-refractivity contribution in [1.29, 1.82) is 0 Å². The number of nitrogens with one attached hydrogen (secondary N) is 1. The molecule has 0 unspecified atom stereocenters. The van der Waals surface area contributed by atoms with Crippen LogP contribution in [0.3, 0.4) is 0 Å². The van der Waals surface area contributed by atoms with E-state index in [1.807, 2.05) is 31.2 Å². The van der Waals surface area contributed by atoms with E-state index >= 15 is 0 Å². The van der Waals surface area contributed by atoms with Gasteiger partial charge >= 0.3 is 5.97 Å². The van der Waals surface area contributed by atoms with Crippen molar-refractivity contribution >= 4 is 17.8 Å². The van der Waals surface area contributed by atoms with Gasteiger partial charge in [0.2, 0.25) is 5.91 Å². The second-order valence-electron chi connectivity index (χ2n) is 8.05. The zero-order valence-corrected chi connectivity index (χ0v) is 18.7. The third-order valence-electron chi connectivity index (χ3n) is 5.66. The molecule has 1 aromatic carbocycles. The number of aromatic amines is 1. The molecule has 8 heteroatoms. The number of piperidine rings is 1. The number of pyridine rings is 1. The van der Waals surface area contributed by atoms with Crippen LogP contribution in [0.25, 0.3) is 11.3 Å². The van der Waals surface area contributed by atoms with Crippen molar-refractivity contribution < 1.29 is 19.1 Å². The Morgan fingerprint density at radius 1 is 1.16 bits per heavy atom. The van der Waals surface area contributed by atoms with Crippen LogP contribution in [0.1, 0.15) is 35.7 Å². The Bertz CT molecular complexity index is 1050. The molecule has 1 aliphatic rings. The lowest BCUT2D eigenvalue weighted by molar-refractivity contribution is -0.151. The van der Waals surface area contributed by atoms with Crippen molar-refractivity contribution in [3.8, 4) is 11.3 Å². The minimum atomic E-state index is -0.517. The van der Waals surface area contributed by atoms with Crippen molar-refractivity contribution in [3.63, 3.8) is 0 Å². The summed E-state index contributed by atoms with van der Waals surface area (Å²) in [5, 5.41) is 0. The van der Waals surface area contributed by atoms with Crippen LogP contribution in [-0.4, -0.2) is 65.9 Å². The number of rotatable bonds is 6. The lowest BCUT2D eigenvalue weighted by Gasteiger charge is -2.32. The number of aromatic nitrogens is 1. The zero-order chi connectivity index (χ0) is 23.3. The molecular weight excluding hydrogens is 410 g/mol. The van der Waals surface area contributed by atoms with Gasteiger partial charge in [-0.2, -0.15) is 0 Å². The van der Waals surface area contributed by atoms with Gasteiger partial charge in [0.25, 0.3) is 11.5 Å². The number of esters is 1. The molecule has 0 bridgehead atoms. The molecular formula is C24H29N3O5. The number of likely N-dealkylation sites (tertiary alicyclic amines) is 1. The Labute approximate surface area is 187 Å². The highest BCUT2D eigenvalue weighted by atomic mass is 16.5. The van der Waals surface area contributed by atoms with E-state index in [4.69, 9.17) is 4.74 Å². The highest BCUT2D eigenvalue weighted by molar-refractivity contribution is 5.96. The van der Waals surface area contributed by atoms with Gasteiger partial charge in [0.1, 0.15) is 5.56 Å². The molecule has 0 saturated carbocycles. The predicted molar refractivity (Wildman–Crippen MR) is 120 cm³/mol. The molecule has 1 fully saturated rings. The van der Waals surface area contributed by atoms with Crippen LogP contribution >= 0.6 is 0 Å². The Balaban J connectivity index is 1.60. The lowest BCUT2D eigenvalue weighted by atomic mass is 9.97. The predicted octanol–water partition coefficient (Wildman–Crippen LogP) is 2.22. The Morgan fingerprint density at radius 3 is 2.50 bits per heavy atom. The van der Waals surface area contributed by atoms with E-state index in [0.29, 0.717) is 38.2 Å². The number of hydrogen-bond acceptors (Lipinski definition) is 5. The molecule has 1 aliphatic heterocycles. The molecule has 2 heterocycles. The Hall–Kier alpha value is -3.42.